The molecule has 1 aromatic carbocycles. The van der Waals surface area contributed by atoms with Gasteiger partial charge in [0.1, 0.15) is 5.82 Å². The van der Waals surface area contributed by atoms with Crippen LogP contribution in [0.4, 0.5) is 4.39 Å². The van der Waals surface area contributed by atoms with Crippen LogP contribution >= 0.6 is 11.6 Å². The normalized spacial score (nSPS) is 11.4. The number of nitrogens with zero attached hydrogens (tertiary/aromatic N) is 4. The van der Waals surface area contributed by atoms with Crippen LogP contribution in [0.5, 0.6) is 0 Å². The number of benzene rings is 1. The Hall–Kier alpha value is -2.47. The van der Waals surface area contributed by atoms with E-state index in [9.17, 15) is 4.39 Å². The highest BCUT2D eigenvalue weighted by molar-refractivity contribution is 6.34. The molecule has 0 aliphatic rings. The van der Waals surface area contributed by atoms with E-state index in [0.717, 1.165) is 5.56 Å². The minimum absolute atomic E-state index is 0.0123. The molecule has 0 amide bonds. The lowest BCUT2D eigenvalue weighted by atomic mass is 10.0. The van der Waals surface area contributed by atoms with Crippen molar-refractivity contribution in [3.63, 3.8) is 0 Å². The van der Waals surface area contributed by atoms with E-state index in [1.807, 2.05) is 27.0 Å². The molecule has 7 heteroatoms. The number of aromatic amines is 1. The molecule has 1 N–H and O–H groups in total. The molecule has 0 saturated carbocycles. The van der Waals surface area contributed by atoms with Gasteiger partial charge in [-0.1, -0.05) is 31.5 Å². The molecule has 3 aromatic rings. The number of hydrogen-bond acceptors (Lipinski definition) is 3. The first-order chi connectivity index (χ1) is 12.1. The highest BCUT2D eigenvalue weighted by atomic mass is 35.5. The molecule has 132 valence electrons. The van der Waals surface area contributed by atoms with E-state index < -0.39 is 5.82 Å². The number of fused-ring (bicyclic) bond motifs is 1. The zero-order valence-corrected chi connectivity index (χ0v) is 15.5. The first-order valence-electron chi connectivity index (χ1n) is 8.02. The van der Waals surface area contributed by atoms with E-state index >= 15 is 0 Å². The Bertz CT molecular complexity index is 923. The van der Waals surface area contributed by atoms with Gasteiger partial charge in [-0.2, -0.15) is 10.2 Å². The third-order valence-corrected chi connectivity index (χ3v) is 4.02. The maximum absolute atomic E-state index is 14.9. The maximum atomic E-state index is 14.9. The van der Waals surface area contributed by atoms with Crippen LogP contribution in [0.3, 0.4) is 0 Å². The number of hydrogen-bond donors (Lipinski definition) is 1. The molecule has 2 aromatic heterocycles. The molecule has 0 saturated heterocycles. The monoisotopic (exact) mass is 361 g/mol. The van der Waals surface area contributed by atoms with E-state index in [1.54, 1.807) is 30.1 Å². The summed E-state index contributed by atoms with van der Waals surface area (Å²) in [6.45, 7) is 11.5. The summed E-state index contributed by atoms with van der Waals surface area (Å²) in [5.74, 6) is -0.505. The van der Waals surface area contributed by atoms with E-state index in [0.29, 0.717) is 27.7 Å². The summed E-state index contributed by atoms with van der Waals surface area (Å²) in [5, 5.41) is 11.8. The first kappa shape index (κ1) is 18.9. The third-order valence-electron chi connectivity index (χ3n) is 3.67. The first-order valence-corrected chi connectivity index (χ1v) is 8.40. The summed E-state index contributed by atoms with van der Waals surface area (Å²) in [6.07, 6.45) is 6.91. The molecule has 0 aliphatic heterocycles. The Morgan fingerprint density at radius 3 is 2.72 bits per heavy atom. The van der Waals surface area contributed by atoms with E-state index in [4.69, 9.17) is 11.6 Å². The molecule has 0 atom stereocenters. The number of aliphatic imine (C=N–C) groups is 1. The number of rotatable bonds is 4. The van der Waals surface area contributed by atoms with Crippen molar-refractivity contribution in [1.82, 2.24) is 20.0 Å². The minimum atomic E-state index is -0.505. The van der Waals surface area contributed by atoms with Crippen LogP contribution in [-0.4, -0.2) is 26.7 Å². The number of nitrogens with one attached hydrogen (secondary N) is 1. The molecule has 0 aliphatic carbocycles. The van der Waals surface area contributed by atoms with Crippen LogP contribution in [0, 0.1) is 12.7 Å². The van der Waals surface area contributed by atoms with Crippen molar-refractivity contribution in [3.8, 4) is 0 Å². The molecular weight excluding hydrogens is 341 g/mol. The van der Waals surface area contributed by atoms with Gasteiger partial charge in [0.15, 0.2) is 0 Å². The van der Waals surface area contributed by atoms with Crippen molar-refractivity contribution in [2.24, 2.45) is 4.99 Å². The Morgan fingerprint density at radius 1 is 1.44 bits per heavy atom. The largest absolute Gasteiger partial charge is 0.277 e. The summed E-state index contributed by atoms with van der Waals surface area (Å²) >= 11 is 6.28. The van der Waals surface area contributed by atoms with Crippen LogP contribution in [-0.2, 0) is 6.54 Å². The van der Waals surface area contributed by atoms with Crippen molar-refractivity contribution in [2.45, 2.75) is 34.2 Å². The van der Waals surface area contributed by atoms with Gasteiger partial charge in [0.2, 0.25) is 0 Å². The van der Waals surface area contributed by atoms with Crippen LogP contribution < -0.4 is 0 Å². The average Bonchev–Trinajstić information content (AvgIpc) is 3.26. The number of aromatic nitrogens is 4. The second kappa shape index (κ2) is 8.07. The van der Waals surface area contributed by atoms with Gasteiger partial charge in [-0.25, -0.2) is 4.39 Å². The minimum Gasteiger partial charge on any atom is -0.277 e. The van der Waals surface area contributed by atoms with E-state index in [1.165, 1.54) is 0 Å². The lowest BCUT2D eigenvalue weighted by Gasteiger charge is -2.12. The number of H-pyrrole nitrogens is 1. The van der Waals surface area contributed by atoms with Crippen LogP contribution in [0.25, 0.3) is 16.6 Å². The zero-order valence-electron chi connectivity index (χ0n) is 14.8. The fourth-order valence-electron chi connectivity index (χ4n) is 2.60. The lowest BCUT2D eigenvalue weighted by molar-refractivity contribution is 0.588. The fourth-order valence-corrected chi connectivity index (χ4v) is 2.92. The highest BCUT2D eigenvalue weighted by Gasteiger charge is 2.22. The molecule has 0 fully saturated rings. The van der Waals surface area contributed by atoms with Crippen LogP contribution in [0.1, 0.15) is 37.5 Å². The zero-order chi connectivity index (χ0) is 18.6. The number of aryl methyl sites for hydroxylation is 1. The van der Waals surface area contributed by atoms with Crippen molar-refractivity contribution in [2.75, 3.05) is 0 Å². The SMILES string of the molecule is C=N/C(=C\C)c1c(Cl)c(F)c(Cn2cc(C)cn2)c2[nH]ncc12.CC. The Labute approximate surface area is 151 Å². The second-order valence-electron chi connectivity index (χ2n) is 5.19. The van der Waals surface area contributed by atoms with Gasteiger partial charge in [0, 0.05) is 22.7 Å². The predicted octanol–water partition coefficient (Wildman–Crippen LogP) is 5.00. The summed E-state index contributed by atoms with van der Waals surface area (Å²) in [6, 6.07) is 0. The summed E-state index contributed by atoms with van der Waals surface area (Å²) < 4.78 is 16.5. The smallest absolute Gasteiger partial charge is 0.149 e. The topological polar surface area (TPSA) is 58.9 Å². The second-order valence-corrected chi connectivity index (χ2v) is 5.57. The average molecular weight is 362 g/mol. The fraction of sp³-hybridized carbons (Fsp3) is 0.278. The molecule has 3 rings (SSSR count). The Kier molecular flexibility index (Phi) is 6.09. The van der Waals surface area contributed by atoms with Crippen LogP contribution in [0.2, 0.25) is 5.02 Å². The Balaban J connectivity index is 0.00000109. The molecule has 0 unspecified atom stereocenters. The van der Waals surface area contributed by atoms with Crippen LogP contribution in [0.15, 0.2) is 29.7 Å². The molecular formula is C18H21ClFN5. The van der Waals surface area contributed by atoms with Gasteiger partial charge in [-0.15, -0.1) is 0 Å². The van der Waals surface area contributed by atoms with Gasteiger partial charge in [-0.05, 0) is 26.1 Å². The molecule has 0 radical (unpaired) electrons. The lowest BCUT2D eigenvalue weighted by Crippen LogP contribution is -2.05. The van der Waals surface area contributed by atoms with Gasteiger partial charge in [0.25, 0.3) is 0 Å². The maximum Gasteiger partial charge on any atom is 0.149 e. The van der Waals surface area contributed by atoms with Gasteiger partial charge in [0.05, 0.1) is 35.2 Å². The number of allylic oxidation sites excluding steroid dienone is 1. The highest BCUT2D eigenvalue weighted by Crippen LogP contribution is 2.37. The standard InChI is InChI=1S/C16H15ClFN5.C2H6/c1-4-12(19-3)13-10-6-20-22-16(10)11(15(18)14(13)17)8-23-7-9(2)5-21-23;1-2/h4-7H,3,8H2,1-2H3,(H,20,22);1-2H3/b12-4-;. The summed E-state index contributed by atoms with van der Waals surface area (Å²) in [4.78, 5) is 3.93. The van der Waals surface area contributed by atoms with Crippen molar-refractivity contribution in [1.29, 1.82) is 0 Å². The third kappa shape index (κ3) is 3.49. The molecule has 0 spiro atoms. The molecule has 25 heavy (non-hydrogen) atoms. The molecule has 2 heterocycles. The Morgan fingerprint density at radius 2 is 2.16 bits per heavy atom. The van der Waals surface area contributed by atoms with E-state index in [-0.39, 0.29) is 11.6 Å². The number of halogens is 2. The van der Waals surface area contributed by atoms with Crippen molar-refractivity contribution >= 4 is 34.9 Å². The van der Waals surface area contributed by atoms with Crippen molar-refractivity contribution in [3.05, 3.63) is 52.2 Å². The quantitative estimate of drug-likeness (QED) is 0.665. The van der Waals surface area contributed by atoms with Crippen molar-refractivity contribution < 1.29 is 4.39 Å². The van der Waals surface area contributed by atoms with E-state index in [2.05, 4.69) is 27.0 Å². The molecule has 0 bridgehead atoms. The predicted molar refractivity (Wildman–Crippen MR) is 102 cm³/mol. The summed E-state index contributed by atoms with van der Waals surface area (Å²) in [5.41, 5.74) is 3.00. The van der Waals surface area contributed by atoms with Gasteiger partial charge < -0.3 is 0 Å². The van der Waals surface area contributed by atoms with Gasteiger partial charge >= 0.3 is 0 Å². The summed E-state index contributed by atoms with van der Waals surface area (Å²) in [7, 11) is 0. The van der Waals surface area contributed by atoms with Gasteiger partial charge in [-0.3, -0.25) is 14.8 Å². The molecule has 5 nitrogen and oxygen atoms in total.